The summed E-state index contributed by atoms with van der Waals surface area (Å²) in [6, 6.07) is 9.96. The highest BCUT2D eigenvalue weighted by Gasteiger charge is 2.13. The second-order valence-corrected chi connectivity index (χ2v) is 6.06. The van der Waals surface area contributed by atoms with E-state index < -0.39 is 0 Å². The van der Waals surface area contributed by atoms with Gasteiger partial charge in [0.05, 0.1) is 0 Å². The van der Waals surface area contributed by atoms with Gasteiger partial charge in [-0.3, -0.25) is 4.79 Å². The van der Waals surface area contributed by atoms with Crippen molar-refractivity contribution in [1.29, 1.82) is 0 Å². The van der Waals surface area contributed by atoms with Crippen molar-refractivity contribution in [3.05, 3.63) is 67.9 Å². The molecular formula is C15H11Br2FO. The third kappa shape index (κ3) is 3.51. The summed E-state index contributed by atoms with van der Waals surface area (Å²) in [7, 11) is 0. The van der Waals surface area contributed by atoms with Crippen molar-refractivity contribution in [3.63, 3.8) is 0 Å². The molecule has 2 aromatic rings. The molecule has 0 aliphatic rings. The van der Waals surface area contributed by atoms with Gasteiger partial charge in [-0.1, -0.05) is 37.9 Å². The third-order valence-electron chi connectivity index (χ3n) is 2.88. The molecule has 0 atom stereocenters. The Labute approximate surface area is 128 Å². The smallest absolute Gasteiger partial charge is 0.168 e. The molecule has 0 aliphatic carbocycles. The predicted octanol–water partition coefficient (Wildman–Crippen LogP) is 5.08. The van der Waals surface area contributed by atoms with Crippen molar-refractivity contribution in [1.82, 2.24) is 0 Å². The van der Waals surface area contributed by atoms with Gasteiger partial charge in [-0.15, -0.1) is 0 Å². The molecule has 0 aromatic heterocycles. The highest BCUT2D eigenvalue weighted by Crippen LogP contribution is 2.23. The summed E-state index contributed by atoms with van der Waals surface area (Å²) >= 11 is 6.72. The predicted molar refractivity (Wildman–Crippen MR) is 81.0 cm³/mol. The Hall–Kier alpha value is -1.000. The molecule has 0 radical (unpaired) electrons. The number of benzene rings is 2. The fourth-order valence-electron chi connectivity index (χ4n) is 1.84. The summed E-state index contributed by atoms with van der Waals surface area (Å²) in [5.41, 5.74) is 2.26. The second kappa shape index (κ2) is 5.97. The largest absolute Gasteiger partial charge is 0.294 e. The van der Waals surface area contributed by atoms with E-state index in [4.69, 9.17) is 0 Å². The Balaban J connectivity index is 2.28. The van der Waals surface area contributed by atoms with Crippen LogP contribution in [0.5, 0.6) is 0 Å². The van der Waals surface area contributed by atoms with Crippen LogP contribution in [0.4, 0.5) is 4.39 Å². The van der Waals surface area contributed by atoms with Crippen molar-refractivity contribution in [3.8, 4) is 0 Å². The van der Waals surface area contributed by atoms with E-state index in [0.29, 0.717) is 5.56 Å². The Morgan fingerprint density at radius 2 is 1.89 bits per heavy atom. The van der Waals surface area contributed by atoms with Crippen LogP contribution in [0.3, 0.4) is 0 Å². The molecule has 0 bridgehead atoms. The fourth-order valence-corrected chi connectivity index (χ4v) is 2.67. The SMILES string of the molecule is Cc1cc(F)ccc1CC(=O)c1cc(Br)ccc1Br. The van der Waals surface area contributed by atoms with Crippen LogP contribution in [-0.2, 0) is 6.42 Å². The molecule has 4 heteroatoms. The van der Waals surface area contributed by atoms with E-state index in [1.165, 1.54) is 12.1 Å². The van der Waals surface area contributed by atoms with Crippen LogP contribution >= 0.6 is 31.9 Å². The topological polar surface area (TPSA) is 17.1 Å². The van der Waals surface area contributed by atoms with Gasteiger partial charge in [-0.2, -0.15) is 0 Å². The summed E-state index contributed by atoms with van der Waals surface area (Å²) in [6.07, 6.45) is 0.265. The molecule has 0 saturated heterocycles. The average molecular weight is 386 g/mol. The summed E-state index contributed by atoms with van der Waals surface area (Å²) in [5.74, 6) is -0.278. The second-order valence-electron chi connectivity index (χ2n) is 4.29. The maximum Gasteiger partial charge on any atom is 0.168 e. The Morgan fingerprint density at radius 3 is 2.58 bits per heavy atom. The van der Waals surface area contributed by atoms with E-state index in [1.807, 2.05) is 19.1 Å². The van der Waals surface area contributed by atoms with Crippen molar-refractivity contribution < 1.29 is 9.18 Å². The number of rotatable bonds is 3. The fraction of sp³-hybridized carbons (Fsp3) is 0.133. The molecule has 0 fully saturated rings. The molecule has 2 aromatic carbocycles. The molecule has 0 unspecified atom stereocenters. The van der Waals surface area contributed by atoms with Gasteiger partial charge in [0.15, 0.2) is 5.78 Å². The van der Waals surface area contributed by atoms with Crippen LogP contribution in [0.2, 0.25) is 0 Å². The minimum absolute atomic E-state index is 0.00267. The summed E-state index contributed by atoms with van der Waals surface area (Å²) in [4.78, 5) is 12.3. The van der Waals surface area contributed by atoms with E-state index in [9.17, 15) is 9.18 Å². The number of Topliss-reactive ketones (excluding diaryl/α,β-unsaturated/α-hetero) is 1. The van der Waals surface area contributed by atoms with E-state index >= 15 is 0 Å². The van der Waals surface area contributed by atoms with Gasteiger partial charge in [0.25, 0.3) is 0 Å². The highest BCUT2D eigenvalue weighted by molar-refractivity contribution is 9.11. The molecule has 0 saturated carbocycles. The van der Waals surface area contributed by atoms with Crippen LogP contribution in [0.1, 0.15) is 21.5 Å². The van der Waals surface area contributed by atoms with Gasteiger partial charge < -0.3 is 0 Å². The molecule has 0 spiro atoms. The van der Waals surface area contributed by atoms with Crippen LogP contribution in [0.15, 0.2) is 45.3 Å². The van der Waals surface area contributed by atoms with Crippen molar-refractivity contribution in [2.45, 2.75) is 13.3 Å². The van der Waals surface area contributed by atoms with E-state index in [1.54, 1.807) is 12.1 Å². The van der Waals surface area contributed by atoms with Gasteiger partial charge in [0, 0.05) is 20.9 Å². The van der Waals surface area contributed by atoms with Crippen LogP contribution in [0.25, 0.3) is 0 Å². The number of carbonyl (C=O) groups excluding carboxylic acids is 1. The number of hydrogen-bond donors (Lipinski definition) is 0. The normalized spacial score (nSPS) is 10.5. The molecule has 0 heterocycles. The Bertz CT molecular complexity index is 638. The van der Waals surface area contributed by atoms with Crippen molar-refractivity contribution in [2.75, 3.05) is 0 Å². The lowest BCUT2D eigenvalue weighted by atomic mass is 9.99. The quantitative estimate of drug-likeness (QED) is 0.673. The standard InChI is InChI=1S/C15H11Br2FO/c1-9-6-12(18)4-2-10(9)7-15(19)13-8-11(16)3-5-14(13)17/h2-6,8H,7H2,1H3. The summed E-state index contributed by atoms with van der Waals surface area (Å²) in [5, 5.41) is 0. The molecule has 2 rings (SSSR count). The molecule has 19 heavy (non-hydrogen) atoms. The molecule has 98 valence electrons. The van der Waals surface area contributed by atoms with Crippen LogP contribution in [-0.4, -0.2) is 5.78 Å². The highest BCUT2D eigenvalue weighted by atomic mass is 79.9. The first-order chi connectivity index (χ1) is 8.97. The Morgan fingerprint density at radius 1 is 1.16 bits per heavy atom. The monoisotopic (exact) mass is 384 g/mol. The molecule has 0 N–H and O–H groups in total. The lowest BCUT2D eigenvalue weighted by Gasteiger charge is -2.07. The third-order valence-corrected chi connectivity index (χ3v) is 4.07. The van der Waals surface area contributed by atoms with Gasteiger partial charge in [-0.25, -0.2) is 4.39 Å². The number of aryl methyl sites for hydroxylation is 1. The van der Waals surface area contributed by atoms with E-state index in [2.05, 4.69) is 31.9 Å². The Kier molecular flexibility index (Phi) is 4.53. The first-order valence-electron chi connectivity index (χ1n) is 5.70. The molecule has 0 amide bonds. The maximum absolute atomic E-state index is 13.0. The molecular weight excluding hydrogens is 375 g/mol. The summed E-state index contributed by atoms with van der Waals surface area (Å²) in [6.45, 7) is 1.81. The van der Waals surface area contributed by atoms with Gasteiger partial charge in [-0.05, 0) is 48.4 Å². The zero-order chi connectivity index (χ0) is 14.0. The van der Waals surface area contributed by atoms with Crippen LogP contribution < -0.4 is 0 Å². The number of hydrogen-bond acceptors (Lipinski definition) is 1. The van der Waals surface area contributed by atoms with E-state index in [-0.39, 0.29) is 18.0 Å². The minimum Gasteiger partial charge on any atom is -0.294 e. The van der Waals surface area contributed by atoms with Gasteiger partial charge in [0.2, 0.25) is 0 Å². The molecule has 0 aliphatic heterocycles. The number of ketones is 1. The lowest BCUT2D eigenvalue weighted by molar-refractivity contribution is 0.0992. The number of halogens is 3. The number of carbonyl (C=O) groups is 1. The first kappa shape index (κ1) is 14.4. The van der Waals surface area contributed by atoms with E-state index in [0.717, 1.165) is 20.1 Å². The first-order valence-corrected chi connectivity index (χ1v) is 7.29. The molecule has 1 nitrogen and oxygen atoms in total. The summed E-state index contributed by atoms with van der Waals surface area (Å²) < 4.78 is 14.6. The zero-order valence-electron chi connectivity index (χ0n) is 10.2. The van der Waals surface area contributed by atoms with Crippen molar-refractivity contribution in [2.24, 2.45) is 0 Å². The maximum atomic E-state index is 13.0. The van der Waals surface area contributed by atoms with Gasteiger partial charge >= 0.3 is 0 Å². The minimum atomic E-state index is -0.280. The lowest BCUT2D eigenvalue weighted by Crippen LogP contribution is -2.06. The van der Waals surface area contributed by atoms with Gasteiger partial charge in [0.1, 0.15) is 5.82 Å². The van der Waals surface area contributed by atoms with Crippen LogP contribution in [0, 0.1) is 12.7 Å². The zero-order valence-corrected chi connectivity index (χ0v) is 13.4. The average Bonchev–Trinajstić information content (AvgIpc) is 2.35. The van der Waals surface area contributed by atoms with Crippen molar-refractivity contribution >= 4 is 37.6 Å².